The van der Waals surface area contributed by atoms with Gasteiger partial charge in [-0.3, -0.25) is 0 Å². The summed E-state index contributed by atoms with van der Waals surface area (Å²) in [4.78, 5) is 4.31. The lowest BCUT2D eigenvalue weighted by Crippen LogP contribution is -2.59. The first-order chi connectivity index (χ1) is 9.04. The van der Waals surface area contributed by atoms with E-state index in [0.29, 0.717) is 43.7 Å². The van der Waals surface area contributed by atoms with E-state index in [2.05, 4.69) is 15.5 Å². The molecule has 0 bridgehead atoms. The van der Waals surface area contributed by atoms with Gasteiger partial charge in [-0.15, -0.1) is 0 Å². The van der Waals surface area contributed by atoms with Crippen LogP contribution in [0, 0.1) is 0 Å². The number of sulfonamides is 1. The molecule has 0 radical (unpaired) electrons. The maximum Gasteiger partial charge on any atom is 0.229 e. The number of hydrogen-bond donors (Lipinski definition) is 1. The molecule has 2 fully saturated rings. The van der Waals surface area contributed by atoms with Crippen molar-refractivity contribution in [2.24, 2.45) is 0 Å². The van der Waals surface area contributed by atoms with Gasteiger partial charge in [-0.2, -0.15) is 9.29 Å². The Kier molecular flexibility index (Phi) is 3.32. The molecular weight excluding hydrogens is 268 g/mol. The standard InChI is InChI=1S/C11H18N4O3S/c1-19(16,17)15(9-6-12-7-9)5-4-10-13-11(18-14-10)8-2-3-8/h8-9,12H,2-7H2,1H3. The van der Waals surface area contributed by atoms with Gasteiger partial charge in [0.2, 0.25) is 15.9 Å². The molecule has 1 saturated heterocycles. The van der Waals surface area contributed by atoms with E-state index in [1.54, 1.807) is 0 Å². The maximum absolute atomic E-state index is 11.7. The zero-order valence-electron chi connectivity index (χ0n) is 10.9. The topological polar surface area (TPSA) is 88.3 Å². The summed E-state index contributed by atoms with van der Waals surface area (Å²) in [5.74, 6) is 1.73. The van der Waals surface area contributed by atoms with Crippen molar-refractivity contribution in [1.29, 1.82) is 0 Å². The molecule has 8 heteroatoms. The van der Waals surface area contributed by atoms with E-state index >= 15 is 0 Å². The highest BCUT2D eigenvalue weighted by Gasteiger charge is 2.32. The van der Waals surface area contributed by atoms with Crippen molar-refractivity contribution in [3.63, 3.8) is 0 Å². The molecule has 0 amide bonds. The van der Waals surface area contributed by atoms with E-state index in [1.807, 2.05) is 0 Å². The van der Waals surface area contributed by atoms with E-state index in [4.69, 9.17) is 4.52 Å². The first-order valence-corrected chi connectivity index (χ1v) is 8.39. The Morgan fingerprint density at radius 1 is 1.42 bits per heavy atom. The van der Waals surface area contributed by atoms with Gasteiger partial charge in [-0.25, -0.2) is 8.42 Å². The van der Waals surface area contributed by atoms with Crippen molar-refractivity contribution >= 4 is 10.0 Å². The minimum absolute atomic E-state index is 0.0600. The lowest BCUT2D eigenvalue weighted by atomic mass is 10.2. The van der Waals surface area contributed by atoms with Crippen molar-refractivity contribution in [1.82, 2.24) is 19.8 Å². The van der Waals surface area contributed by atoms with Crippen LogP contribution >= 0.6 is 0 Å². The van der Waals surface area contributed by atoms with E-state index in [1.165, 1.54) is 10.6 Å². The molecule has 2 heterocycles. The van der Waals surface area contributed by atoms with Crippen LogP contribution in [0.1, 0.15) is 30.5 Å². The lowest BCUT2D eigenvalue weighted by molar-refractivity contribution is 0.243. The van der Waals surface area contributed by atoms with Crippen molar-refractivity contribution in [2.75, 3.05) is 25.9 Å². The monoisotopic (exact) mass is 286 g/mol. The second-order valence-electron chi connectivity index (χ2n) is 5.26. The summed E-state index contributed by atoms with van der Waals surface area (Å²) in [6.45, 7) is 1.84. The summed E-state index contributed by atoms with van der Waals surface area (Å²) in [7, 11) is -3.19. The van der Waals surface area contributed by atoms with Crippen LogP contribution in [0.25, 0.3) is 0 Å². The van der Waals surface area contributed by atoms with Gasteiger partial charge in [0.25, 0.3) is 0 Å². The molecule has 19 heavy (non-hydrogen) atoms. The lowest BCUT2D eigenvalue weighted by Gasteiger charge is -2.36. The third-order valence-electron chi connectivity index (χ3n) is 3.56. The van der Waals surface area contributed by atoms with E-state index in [0.717, 1.165) is 12.8 Å². The molecule has 1 N–H and O–H groups in total. The van der Waals surface area contributed by atoms with Crippen molar-refractivity contribution in [3.8, 4) is 0 Å². The average molecular weight is 286 g/mol. The Morgan fingerprint density at radius 3 is 2.68 bits per heavy atom. The summed E-state index contributed by atoms with van der Waals surface area (Å²) in [5.41, 5.74) is 0. The summed E-state index contributed by atoms with van der Waals surface area (Å²) >= 11 is 0. The Morgan fingerprint density at radius 2 is 2.16 bits per heavy atom. The SMILES string of the molecule is CS(=O)(=O)N(CCc1noc(C2CC2)n1)C1CNC1. The molecule has 3 rings (SSSR count). The third-order valence-corrected chi connectivity index (χ3v) is 4.89. The second-order valence-corrected chi connectivity index (χ2v) is 7.19. The highest BCUT2D eigenvalue weighted by atomic mass is 32.2. The van der Waals surface area contributed by atoms with Gasteiger partial charge in [0.1, 0.15) is 0 Å². The fourth-order valence-electron chi connectivity index (χ4n) is 2.17. The molecule has 1 aromatic rings. The molecule has 1 saturated carbocycles. The minimum Gasteiger partial charge on any atom is -0.339 e. The van der Waals surface area contributed by atoms with E-state index < -0.39 is 10.0 Å². The normalized spacial score (nSPS) is 20.7. The second kappa shape index (κ2) is 4.84. The summed E-state index contributed by atoms with van der Waals surface area (Å²) in [5, 5.41) is 6.99. The quantitative estimate of drug-likeness (QED) is 0.774. The zero-order chi connectivity index (χ0) is 13.5. The minimum atomic E-state index is -3.19. The predicted octanol–water partition coefficient (Wildman–Crippen LogP) is -0.277. The molecule has 106 valence electrons. The molecular formula is C11H18N4O3S. The number of nitrogens with one attached hydrogen (secondary N) is 1. The van der Waals surface area contributed by atoms with Gasteiger partial charge < -0.3 is 9.84 Å². The number of hydrogen-bond acceptors (Lipinski definition) is 6. The molecule has 0 atom stereocenters. The molecule has 1 aromatic heterocycles. The van der Waals surface area contributed by atoms with Gasteiger partial charge >= 0.3 is 0 Å². The molecule has 2 aliphatic rings. The molecule has 1 aliphatic carbocycles. The van der Waals surface area contributed by atoms with Gasteiger partial charge in [0.05, 0.1) is 6.26 Å². The predicted molar refractivity (Wildman–Crippen MR) is 68.2 cm³/mol. The molecule has 0 unspecified atom stereocenters. The highest BCUT2D eigenvalue weighted by Crippen LogP contribution is 2.38. The van der Waals surface area contributed by atoms with Crippen molar-refractivity contribution in [3.05, 3.63) is 11.7 Å². The van der Waals surface area contributed by atoms with Gasteiger partial charge in [-0.05, 0) is 12.8 Å². The Balaban J connectivity index is 1.61. The number of aromatic nitrogens is 2. The Hall–Kier alpha value is -0.990. The number of rotatable bonds is 6. The van der Waals surface area contributed by atoms with Gasteiger partial charge in [0.15, 0.2) is 5.82 Å². The van der Waals surface area contributed by atoms with Gasteiger partial charge in [0, 0.05) is 38.0 Å². The van der Waals surface area contributed by atoms with E-state index in [9.17, 15) is 8.42 Å². The average Bonchev–Trinajstić information content (AvgIpc) is 3.00. The third kappa shape index (κ3) is 2.96. The van der Waals surface area contributed by atoms with Crippen LogP contribution in [0.2, 0.25) is 0 Å². The maximum atomic E-state index is 11.7. The van der Waals surface area contributed by atoms with Crippen LogP contribution in [0.4, 0.5) is 0 Å². The van der Waals surface area contributed by atoms with Crippen LogP contribution in [0.15, 0.2) is 4.52 Å². The van der Waals surface area contributed by atoms with Crippen LogP contribution in [-0.2, 0) is 16.4 Å². The molecule has 1 aliphatic heterocycles. The van der Waals surface area contributed by atoms with Crippen molar-refractivity contribution in [2.45, 2.75) is 31.2 Å². The first-order valence-electron chi connectivity index (χ1n) is 6.54. The highest BCUT2D eigenvalue weighted by molar-refractivity contribution is 7.88. The fourth-order valence-corrected chi connectivity index (χ4v) is 3.29. The largest absolute Gasteiger partial charge is 0.339 e. The van der Waals surface area contributed by atoms with Crippen LogP contribution in [0.5, 0.6) is 0 Å². The molecule has 0 aromatic carbocycles. The molecule has 0 spiro atoms. The summed E-state index contributed by atoms with van der Waals surface area (Å²) in [6, 6.07) is 0.0600. The first kappa shape index (κ1) is 13.0. The van der Waals surface area contributed by atoms with Gasteiger partial charge in [-0.1, -0.05) is 5.16 Å². The van der Waals surface area contributed by atoms with Crippen molar-refractivity contribution < 1.29 is 12.9 Å². The fraction of sp³-hybridized carbons (Fsp3) is 0.818. The Bertz CT molecular complexity index is 548. The Labute approximate surface area is 112 Å². The molecule has 7 nitrogen and oxygen atoms in total. The van der Waals surface area contributed by atoms with Crippen LogP contribution in [-0.4, -0.2) is 54.8 Å². The smallest absolute Gasteiger partial charge is 0.229 e. The van der Waals surface area contributed by atoms with Crippen LogP contribution in [0.3, 0.4) is 0 Å². The summed E-state index contributed by atoms with van der Waals surface area (Å²) in [6.07, 6.45) is 3.98. The van der Waals surface area contributed by atoms with E-state index in [-0.39, 0.29) is 6.04 Å². The summed E-state index contributed by atoms with van der Waals surface area (Å²) < 4.78 is 30.2. The van der Waals surface area contributed by atoms with Crippen LogP contribution < -0.4 is 5.32 Å². The zero-order valence-corrected chi connectivity index (χ0v) is 11.7. The number of nitrogens with zero attached hydrogens (tertiary/aromatic N) is 3.